The van der Waals surface area contributed by atoms with Crippen LogP contribution in [0.25, 0.3) is 0 Å². The molecule has 18 heavy (non-hydrogen) atoms. The highest BCUT2D eigenvalue weighted by molar-refractivity contribution is 5.46. The van der Waals surface area contributed by atoms with E-state index in [1.165, 1.54) is 6.07 Å². The first-order chi connectivity index (χ1) is 8.83. The molecule has 0 aromatic heterocycles. The van der Waals surface area contributed by atoms with Gasteiger partial charge in [-0.15, -0.1) is 0 Å². The van der Waals surface area contributed by atoms with Gasteiger partial charge >= 0.3 is 0 Å². The van der Waals surface area contributed by atoms with Crippen molar-refractivity contribution in [3.63, 3.8) is 0 Å². The summed E-state index contributed by atoms with van der Waals surface area (Å²) in [6, 6.07) is 7.67. The predicted molar refractivity (Wildman–Crippen MR) is 71.5 cm³/mol. The van der Waals surface area contributed by atoms with Crippen LogP contribution in [0.15, 0.2) is 24.3 Å². The van der Waals surface area contributed by atoms with Gasteiger partial charge in [-0.3, -0.25) is 4.90 Å². The zero-order valence-electron chi connectivity index (χ0n) is 10.6. The monoisotopic (exact) mass is 249 g/mol. The molecule has 2 saturated heterocycles. The molecular formula is C14H20FN3. The molecular weight excluding hydrogens is 229 g/mol. The quantitative estimate of drug-likeness (QED) is 0.852. The standard InChI is InChI=1S/C14H20FN3/c15-12-3-1-4-13(9-12)17-5-2-6-18(8-7-17)14-10-16-11-14/h1,3-4,9,14,16H,2,5-8,10-11H2. The van der Waals surface area contributed by atoms with Crippen molar-refractivity contribution >= 4 is 5.69 Å². The lowest BCUT2D eigenvalue weighted by Crippen LogP contribution is -2.57. The minimum atomic E-state index is -0.142. The third-order valence-corrected chi connectivity index (χ3v) is 3.98. The first-order valence-electron chi connectivity index (χ1n) is 6.78. The second kappa shape index (κ2) is 5.24. The van der Waals surface area contributed by atoms with Crippen LogP contribution in [0.3, 0.4) is 0 Å². The lowest BCUT2D eigenvalue weighted by Gasteiger charge is -2.37. The molecule has 3 nitrogen and oxygen atoms in total. The zero-order chi connectivity index (χ0) is 12.4. The van der Waals surface area contributed by atoms with Crippen molar-refractivity contribution in [2.45, 2.75) is 12.5 Å². The van der Waals surface area contributed by atoms with Gasteiger partial charge in [-0.2, -0.15) is 0 Å². The molecule has 2 aliphatic rings. The molecule has 0 amide bonds. The van der Waals surface area contributed by atoms with Gasteiger partial charge in [-0.25, -0.2) is 4.39 Å². The second-order valence-corrected chi connectivity index (χ2v) is 5.17. The number of hydrogen-bond donors (Lipinski definition) is 1. The van der Waals surface area contributed by atoms with Crippen molar-refractivity contribution in [2.24, 2.45) is 0 Å². The summed E-state index contributed by atoms with van der Waals surface area (Å²) in [5, 5.41) is 3.32. The van der Waals surface area contributed by atoms with Crippen LogP contribution in [0, 0.1) is 5.82 Å². The van der Waals surface area contributed by atoms with Crippen molar-refractivity contribution in [3.8, 4) is 0 Å². The molecule has 0 bridgehead atoms. The molecule has 2 fully saturated rings. The Balaban J connectivity index is 1.64. The van der Waals surface area contributed by atoms with Crippen molar-refractivity contribution in [3.05, 3.63) is 30.1 Å². The molecule has 0 saturated carbocycles. The van der Waals surface area contributed by atoms with Crippen LogP contribution in [0.2, 0.25) is 0 Å². The van der Waals surface area contributed by atoms with Gasteiger partial charge in [-0.1, -0.05) is 6.07 Å². The van der Waals surface area contributed by atoms with Crippen LogP contribution in [-0.2, 0) is 0 Å². The smallest absolute Gasteiger partial charge is 0.125 e. The van der Waals surface area contributed by atoms with Crippen LogP contribution in [0.1, 0.15) is 6.42 Å². The highest BCUT2D eigenvalue weighted by Gasteiger charge is 2.26. The van der Waals surface area contributed by atoms with Crippen molar-refractivity contribution < 1.29 is 4.39 Å². The molecule has 1 aromatic carbocycles. The van der Waals surface area contributed by atoms with Crippen molar-refractivity contribution in [1.29, 1.82) is 0 Å². The molecule has 0 radical (unpaired) electrons. The van der Waals surface area contributed by atoms with Crippen LogP contribution in [0.5, 0.6) is 0 Å². The van der Waals surface area contributed by atoms with E-state index in [-0.39, 0.29) is 5.82 Å². The van der Waals surface area contributed by atoms with E-state index in [9.17, 15) is 4.39 Å². The summed E-state index contributed by atoms with van der Waals surface area (Å²) in [7, 11) is 0. The topological polar surface area (TPSA) is 18.5 Å². The summed E-state index contributed by atoms with van der Waals surface area (Å²) in [6.07, 6.45) is 1.16. The van der Waals surface area contributed by atoms with Gasteiger partial charge in [0.25, 0.3) is 0 Å². The van der Waals surface area contributed by atoms with Crippen molar-refractivity contribution in [2.75, 3.05) is 44.2 Å². The third-order valence-electron chi connectivity index (χ3n) is 3.98. The Hall–Kier alpha value is -1.13. The van der Waals surface area contributed by atoms with E-state index in [1.807, 2.05) is 6.07 Å². The zero-order valence-corrected chi connectivity index (χ0v) is 10.6. The lowest BCUT2D eigenvalue weighted by atomic mass is 10.1. The number of nitrogens with one attached hydrogen (secondary N) is 1. The number of nitrogens with zero attached hydrogens (tertiary/aromatic N) is 2. The van der Waals surface area contributed by atoms with E-state index in [2.05, 4.69) is 15.1 Å². The minimum Gasteiger partial charge on any atom is -0.370 e. The van der Waals surface area contributed by atoms with E-state index in [0.29, 0.717) is 0 Å². The Morgan fingerprint density at radius 2 is 2.00 bits per heavy atom. The van der Waals surface area contributed by atoms with E-state index >= 15 is 0 Å². The molecule has 98 valence electrons. The van der Waals surface area contributed by atoms with Crippen LogP contribution >= 0.6 is 0 Å². The van der Waals surface area contributed by atoms with Crippen LogP contribution in [0.4, 0.5) is 10.1 Å². The first-order valence-corrected chi connectivity index (χ1v) is 6.78. The molecule has 3 rings (SSSR count). The maximum absolute atomic E-state index is 13.2. The molecule has 0 aliphatic carbocycles. The average molecular weight is 249 g/mol. The van der Waals surface area contributed by atoms with E-state index in [1.54, 1.807) is 12.1 Å². The van der Waals surface area contributed by atoms with Gasteiger partial charge in [0.1, 0.15) is 5.82 Å². The number of halogens is 1. The molecule has 1 N–H and O–H groups in total. The van der Waals surface area contributed by atoms with Crippen LogP contribution in [-0.4, -0.2) is 50.2 Å². The van der Waals surface area contributed by atoms with Gasteiger partial charge in [0, 0.05) is 51.0 Å². The average Bonchev–Trinajstić information content (AvgIpc) is 2.53. The molecule has 1 aromatic rings. The summed E-state index contributed by atoms with van der Waals surface area (Å²) in [4.78, 5) is 4.87. The summed E-state index contributed by atoms with van der Waals surface area (Å²) < 4.78 is 13.2. The Morgan fingerprint density at radius 3 is 2.72 bits per heavy atom. The Morgan fingerprint density at radius 1 is 1.11 bits per heavy atom. The minimum absolute atomic E-state index is 0.142. The lowest BCUT2D eigenvalue weighted by molar-refractivity contribution is 0.155. The van der Waals surface area contributed by atoms with Gasteiger partial charge in [-0.05, 0) is 24.6 Å². The number of benzene rings is 1. The van der Waals surface area contributed by atoms with Gasteiger partial charge in [0.2, 0.25) is 0 Å². The fourth-order valence-electron chi connectivity index (χ4n) is 2.77. The molecule has 2 heterocycles. The van der Waals surface area contributed by atoms with Gasteiger partial charge < -0.3 is 10.2 Å². The van der Waals surface area contributed by atoms with E-state index in [4.69, 9.17) is 0 Å². The molecule has 0 atom stereocenters. The number of hydrogen-bond acceptors (Lipinski definition) is 3. The largest absolute Gasteiger partial charge is 0.370 e. The predicted octanol–water partition coefficient (Wildman–Crippen LogP) is 1.31. The fraction of sp³-hybridized carbons (Fsp3) is 0.571. The molecule has 0 unspecified atom stereocenters. The van der Waals surface area contributed by atoms with Gasteiger partial charge in [0.15, 0.2) is 0 Å². The highest BCUT2D eigenvalue weighted by Crippen LogP contribution is 2.18. The fourth-order valence-corrected chi connectivity index (χ4v) is 2.77. The van der Waals surface area contributed by atoms with Crippen LogP contribution < -0.4 is 10.2 Å². The summed E-state index contributed by atoms with van der Waals surface area (Å²) >= 11 is 0. The van der Waals surface area contributed by atoms with E-state index < -0.39 is 0 Å². The number of anilines is 1. The second-order valence-electron chi connectivity index (χ2n) is 5.17. The molecule has 2 aliphatic heterocycles. The number of rotatable bonds is 2. The Bertz CT molecular complexity index is 406. The van der Waals surface area contributed by atoms with Crippen molar-refractivity contribution in [1.82, 2.24) is 10.2 Å². The Kier molecular flexibility index (Phi) is 3.48. The summed E-state index contributed by atoms with van der Waals surface area (Å²) in [6.45, 7) is 6.53. The molecule has 4 heteroatoms. The maximum Gasteiger partial charge on any atom is 0.125 e. The Labute approximate surface area is 108 Å². The molecule has 0 spiro atoms. The summed E-state index contributed by atoms with van der Waals surface area (Å²) in [5.41, 5.74) is 1.02. The normalized spacial score (nSPS) is 22.6. The third kappa shape index (κ3) is 2.49. The van der Waals surface area contributed by atoms with Gasteiger partial charge in [0.05, 0.1) is 0 Å². The highest BCUT2D eigenvalue weighted by atomic mass is 19.1. The first kappa shape index (κ1) is 11.9. The maximum atomic E-state index is 13.2. The SMILES string of the molecule is Fc1cccc(N2CCCN(C3CNC3)CC2)c1. The summed E-state index contributed by atoms with van der Waals surface area (Å²) in [5.74, 6) is -0.142. The van der Waals surface area contributed by atoms with E-state index in [0.717, 1.165) is 57.4 Å².